The Morgan fingerprint density at radius 3 is 2.73 bits per heavy atom. The molecule has 0 spiro atoms. The molecule has 1 aromatic heterocycles. The Morgan fingerprint density at radius 1 is 1.55 bits per heavy atom. The zero-order valence-corrected chi connectivity index (χ0v) is 5.76. The molecule has 11 heavy (non-hydrogen) atoms. The highest BCUT2D eigenvalue weighted by Crippen LogP contribution is 2.47. The maximum Gasteiger partial charge on any atom is 0.249 e. The summed E-state index contributed by atoms with van der Waals surface area (Å²) in [7, 11) is 0. The van der Waals surface area contributed by atoms with Crippen LogP contribution in [0.4, 0.5) is 8.78 Å². The molecule has 1 aromatic rings. The van der Waals surface area contributed by atoms with Crippen molar-refractivity contribution in [3.63, 3.8) is 0 Å². The van der Waals surface area contributed by atoms with E-state index in [9.17, 15) is 8.78 Å². The van der Waals surface area contributed by atoms with Crippen LogP contribution >= 0.6 is 0 Å². The number of nitrogens with zero attached hydrogens (tertiary/aromatic N) is 1. The minimum absolute atomic E-state index is 0.0838. The van der Waals surface area contributed by atoms with E-state index in [1.165, 1.54) is 6.26 Å². The Balaban J connectivity index is 2.03. The SMILES string of the molecule is FC1(F)CC(c2ccon2)C1. The fourth-order valence-electron chi connectivity index (χ4n) is 1.30. The summed E-state index contributed by atoms with van der Waals surface area (Å²) in [5.74, 6) is -2.56. The second-order valence-corrected chi connectivity index (χ2v) is 2.89. The van der Waals surface area contributed by atoms with Gasteiger partial charge in [-0.25, -0.2) is 8.78 Å². The molecule has 2 nitrogen and oxygen atoms in total. The lowest BCUT2D eigenvalue weighted by Crippen LogP contribution is -2.33. The molecule has 2 rings (SSSR count). The first kappa shape index (κ1) is 6.76. The molecule has 1 aliphatic rings. The number of alkyl halides is 2. The van der Waals surface area contributed by atoms with Crippen LogP contribution in [0.1, 0.15) is 24.5 Å². The van der Waals surface area contributed by atoms with E-state index >= 15 is 0 Å². The molecule has 0 unspecified atom stereocenters. The molecule has 0 atom stereocenters. The first-order valence-electron chi connectivity index (χ1n) is 3.45. The van der Waals surface area contributed by atoms with Crippen LogP contribution < -0.4 is 0 Å². The summed E-state index contributed by atoms with van der Waals surface area (Å²) in [5.41, 5.74) is 0.649. The average molecular weight is 159 g/mol. The maximum atomic E-state index is 12.3. The molecule has 60 valence electrons. The summed E-state index contributed by atoms with van der Waals surface area (Å²) in [4.78, 5) is 0. The zero-order valence-electron chi connectivity index (χ0n) is 5.76. The van der Waals surface area contributed by atoms with Gasteiger partial charge in [0.15, 0.2) is 0 Å². The van der Waals surface area contributed by atoms with Gasteiger partial charge in [0.25, 0.3) is 0 Å². The van der Waals surface area contributed by atoms with Gasteiger partial charge in [0.1, 0.15) is 6.26 Å². The number of hydrogen-bond donors (Lipinski definition) is 0. The summed E-state index contributed by atoms with van der Waals surface area (Å²) in [6.45, 7) is 0. The lowest BCUT2D eigenvalue weighted by molar-refractivity contribution is -0.0880. The van der Waals surface area contributed by atoms with Gasteiger partial charge in [-0.1, -0.05) is 5.16 Å². The minimum Gasteiger partial charge on any atom is -0.365 e. The Labute approximate surface area is 62.2 Å². The summed E-state index contributed by atoms with van der Waals surface area (Å²) in [6, 6.07) is 1.64. The predicted octanol–water partition coefficient (Wildman–Crippen LogP) is 2.19. The van der Waals surface area contributed by atoms with Crippen molar-refractivity contribution < 1.29 is 13.3 Å². The molecule has 0 bridgehead atoms. The second-order valence-electron chi connectivity index (χ2n) is 2.89. The molecule has 0 amide bonds. The van der Waals surface area contributed by atoms with E-state index in [2.05, 4.69) is 9.68 Å². The Morgan fingerprint density at radius 2 is 2.27 bits per heavy atom. The van der Waals surface area contributed by atoms with Crippen LogP contribution in [-0.4, -0.2) is 11.1 Å². The molecular formula is C7H7F2NO. The van der Waals surface area contributed by atoms with Crippen LogP contribution in [0.3, 0.4) is 0 Å². The van der Waals surface area contributed by atoms with Gasteiger partial charge in [-0.05, 0) is 0 Å². The van der Waals surface area contributed by atoms with E-state index < -0.39 is 5.92 Å². The van der Waals surface area contributed by atoms with Crippen LogP contribution in [0.5, 0.6) is 0 Å². The van der Waals surface area contributed by atoms with Crippen LogP contribution in [0.2, 0.25) is 0 Å². The fourth-order valence-corrected chi connectivity index (χ4v) is 1.30. The average Bonchev–Trinajstić information content (AvgIpc) is 2.32. The van der Waals surface area contributed by atoms with Crippen LogP contribution in [0, 0.1) is 0 Å². The first-order valence-corrected chi connectivity index (χ1v) is 3.45. The Kier molecular flexibility index (Phi) is 1.25. The highest BCUT2D eigenvalue weighted by Gasteiger charge is 2.46. The van der Waals surface area contributed by atoms with Crippen molar-refractivity contribution in [1.29, 1.82) is 0 Å². The topological polar surface area (TPSA) is 26.0 Å². The van der Waals surface area contributed by atoms with E-state index in [1.54, 1.807) is 6.07 Å². The summed E-state index contributed by atoms with van der Waals surface area (Å²) in [6.07, 6.45) is 1.24. The lowest BCUT2D eigenvalue weighted by Gasteiger charge is -2.33. The quantitative estimate of drug-likeness (QED) is 0.627. The number of halogens is 2. The highest BCUT2D eigenvalue weighted by atomic mass is 19.3. The van der Waals surface area contributed by atoms with E-state index in [0.717, 1.165) is 0 Å². The van der Waals surface area contributed by atoms with E-state index in [-0.39, 0.29) is 18.8 Å². The molecule has 0 aliphatic heterocycles. The van der Waals surface area contributed by atoms with Gasteiger partial charge in [0, 0.05) is 24.8 Å². The van der Waals surface area contributed by atoms with Gasteiger partial charge in [0.05, 0.1) is 5.69 Å². The molecule has 0 N–H and O–H groups in total. The maximum absolute atomic E-state index is 12.3. The number of hydrogen-bond acceptors (Lipinski definition) is 2. The van der Waals surface area contributed by atoms with Gasteiger partial charge in [-0.2, -0.15) is 0 Å². The number of rotatable bonds is 1. The van der Waals surface area contributed by atoms with Crippen LogP contribution in [0.15, 0.2) is 16.9 Å². The third-order valence-electron chi connectivity index (χ3n) is 1.97. The second kappa shape index (κ2) is 2.03. The fraction of sp³-hybridized carbons (Fsp3) is 0.571. The van der Waals surface area contributed by atoms with Crippen molar-refractivity contribution in [3.8, 4) is 0 Å². The smallest absolute Gasteiger partial charge is 0.249 e. The molecule has 4 heteroatoms. The van der Waals surface area contributed by atoms with Crippen molar-refractivity contribution in [3.05, 3.63) is 18.0 Å². The molecule has 1 heterocycles. The zero-order chi connectivity index (χ0) is 7.90. The standard InChI is InChI=1S/C7H7F2NO/c8-7(9)3-5(4-7)6-1-2-11-10-6/h1-2,5H,3-4H2. The van der Waals surface area contributed by atoms with Crippen LogP contribution in [-0.2, 0) is 0 Å². The molecule has 1 saturated carbocycles. The largest absolute Gasteiger partial charge is 0.365 e. The molecule has 1 fully saturated rings. The lowest BCUT2D eigenvalue weighted by atomic mass is 9.79. The molecule has 0 aromatic carbocycles. The third-order valence-corrected chi connectivity index (χ3v) is 1.97. The van der Waals surface area contributed by atoms with Gasteiger partial charge >= 0.3 is 0 Å². The molecule has 1 aliphatic carbocycles. The summed E-state index contributed by atoms with van der Waals surface area (Å²) in [5, 5.41) is 3.60. The van der Waals surface area contributed by atoms with Gasteiger partial charge in [-0.15, -0.1) is 0 Å². The molecule has 0 radical (unpaired) electrons. The van der Waals surface area contributed by atoms with Crippen molar-refractivity contribution in [2.75, 3.05) is 0 Å². The minimum atomic E-state index is -2.47. The van der Waals surface area contributed by atoms with E-state index in [1.807, 2.05) is 0 Å². The van der Waals surface area contributed by atoms with Crippen molar-refractivity contribution >= 4 is 0 Å². The van der Waals surface area contributed by atoms with E-state index in [0.29, 0.717) is 5.69 Å². The van der Waals surface area contributed by atoms with Crippen molar-refractivity contribution in [2.24, 2.45) is 0 Å². The molecule has 0 saturated heterocycles. The van der Waals surface area contributed by atoms with Crippen LogP contribution in [0.25, 0.3) is 0 Å². The molecular weight excluding hydrogens is 152 g/mol. The van der Waals surface area contributed by atoms with Gasteiger partial charge < -0.3 is 4.52 Å². The Bertz CT molecular complexity index is 237. The first-order chi connectivity index (χ1) is 5.17. The van der Waals surface area contributed by atoms with E-state index in [4.69, 9.17) is 0 Å². The Hall–Kier alpha value is -0.930. The van der Waals surface area contributed by atoms with Gasteiger partial charge in [0.2, 0.25) is 5.92 Å². The normalized spacial score (nSPS) is 23.1. The van der Waals surface area contributed by atoms with Crippen molar-refractivity contribution in [2.45, 2.75) is 24.7 Å². The highest BCUT2D eigenvalue weighted by molar-refractivity contribution is 5.11. The van der Waals surface area contributed by atoms with Crippen molar-refractivity contribution in [1.82, 2.24) is 5.16 Å². The van der Waals surface area contributed by atoms with Gasteiger partial charge in [-0.3, -0.25) is 0 Å². The number of aromatic nitrogens is 1. The summed E-state index contributed by atoms with van der Waals surface area (Å²) >= 11 is 0. The summed E-state index contributed by atoms with van der Waals surface area (Å²) < 4.78 is 29.2. The predicted molar refractivity (Wildman–Crippen MR) is 33.4 cm³/mol. The monoisotopic (exact) mass is 159 g/mol. The third kappa shape index (κ3) is 1.13.